The Morgan fingerprint density at radius 2 is 2.19 bits per heavy atom. The molecule has 3 nitrogen and oxygen atoms in total. The van der Waals surface area contributed by atoms with E-state index >= 15 is 0 Å². The first kappa shape index (κ1) is 16.0. The number of anilines is 1. The lowest BCUT2D eigenvalue weighted by molar-refractivity contribution is -0.137. The molecule has 1 heterocycles. The molecule has 2 rings (SSSR count). The summed E-state index contributed by atoms with van der Waals surface area (Å²) in [7, 11) is 0. The van der Waals surface area contributed by atoms with Crippen molar-refractivity contribution in [1.29, 1.82) is 0 Å². The van der Waals surface area contributed by atoms with Gasteiger partial charge in [0.05, 0.1) is 12.2 Å². The third-order valence-corrected chi connectivity index (χ3v) is 3.67. The van der Waals surface area contributed by atoms with Gasteiger partial charge in [-0.05, 0) is 37.0 Å². The van der Waals surface area contributed by atoms with Crippen LogP contribution in [0.25, 0.3) is 0 Å². The molecule has 1 aromatic rings. The van der Waals surface area contributed by atoms with Gasteiger partial charge in [0.2, 0.25) is 0 Å². The lowest BCUT2D eigenvalue weighted by Gasteiger charge is -2.23. The van der Waals surface area contributed by atoms with Gasteiger partial charge in [-0.2, -0.15) is 13.2 Å². The lowest BCUT2D eigenvalue weighted by Crippen LogP contribution is -2.25. The third kappa shape index (κ3) is 4.31. The first-order valence-corrected chi connectivity index (χ1v) is 7.11. The van der Waals surface area contributed by atoms with E-state index in [1.807, 2.05) is 0 Å². The van der Waals surface area contributed by atoms with Crippen molar-refractivity contribution in [3.63, 3.8) is 0 Å². The number of benzene rings is 1. The monoisotopic (exact) mass is 318 g/mol. The van der Waals surface area contributed by atoms with Gasteiger partial charge >= 0.3 is 6.18 Å². The maximum Gasteiger partial charge on any atom is 0.416 e. The van der Waals surface area contributed by atoms with Crippen molar-refractivity contribution in [3.8, 4) is 0 Å². The topological polar surface area (TPSA) is 47.3 Å². The van der Waals surface area contributed by atoms with E-state index in [1.165, 1.54) is 6.07 Å². The SMILES string of the molecule is NC(=S)c1cc(C(F)(F)F)ccc1NCC1CCCOC1. The van der Waals surface area contributed by atoms with E-state index < -0.39 is 11.7 Å². The fraction of sp³-hybridized carbons (Fsp3) is 0.500. The quantitative estimate of drug-likeness (QED) is 0.837. The second-order valence-corrected chi connectivity index (χ2v) is 5.53. The number of rotatable bonds is 4. The number of ether oxygens (including phenoxy) is 1. The second kappa shape index (κ2) is 6.62. The summed E-state index contributed by atoms with van der Waals surface area (Å²) >= 11 is 4.85. The average Bonchev–Trinajstić information content (AvgIpc) is 2.45. The van der Waals surface area contributed by atoms with Crippen LogP contribution < -0.4 is 11.1 Å². The predicted molar refractivity (Wildman–Crippen MR) is 79.4 cm³/mol. The van der Waals surface area contributed by atoms with Gasteiger partial charge in [0.1, 0.15) is 4.99 Å². The van der Waals surface area contributed by atoms with Crippen LogP contribution in [0.1, 0.15) is 24.0 Å². The molecular formula is C14H17F3N2OS. The summed E-state index contributed by atoms with van der Waals surface area (Å²) in [5.41, 5.74) is 5.53. The molecule has 1 saturated heterocycles. The standard InChI is InChI=1S/C14H17F3N2OS/c15-14(16,17)10-3-4-12(11(6-10)13(18)21)19-7-9-2-1-5-20-8-9/h3-4,6,9,19H,1-2,5,7-8H2,(H2,18,21). The molecule has 7 heteroatoms. The largest absolute Gasteiger partial charge is 0.416 e. The van der Waals surface area contributed by atoms with Gasteiger partial charge < -0.3 is 15.8 Å². The summed E-state index contributed by atoms with van der Waals surface area (Å²) < 4.78 is 43.5. The predicted octanol–water partition coefficient (Wildman–Crippen LogP) is 3.18. The van der Waals surface area contributed by atoms with E-state index in [-0.39, 0.29) is 10.6 Å². The van der Waals surface area contributed by atoms with Gasteiger partial charge in [-0.15, -0.1) is 0 Å². The number of nitrogens with two attached hydrogens (primary N) is 1. The summed E-state index contributed by atoms with van der Waals surface area (Å²) in [5, 5.41) is 3.13. The Morgan fingerprint density at radius 1 is 1.43 bits per heavy atom. The molecule has 3 N–H and O–H groups in total. The summed E-state index contributed by atoms with van der Waals surface area (Å²) in [6.07, 6.45) is -2.37. The maximum atomic E-state index is 12.7. The van der Waals surface area contributed by atoms with Crippen LogP contribution in [0.15, 0.2) is 18.2 Å². The molecule has 0 radical (unpaired) electrons. The summed E-state index contributed by atoms with van der Waals surface area (Å²) in [6.45, 7) is 2.06. The Balaban J connectivity index is 2.12. The van der Waals surface area contributed by atoms with E-state index in [0.717, 1.165) is 31.6 Å². The Morgan fingerprint density at radius 3 is 2.76 bits per heavy atom. The fourth-order valence-corrected chi connectivity index (χ4v) is 2.47. The number of thiocarbonyl (C=S) groups is 1. The van der Waals surface area contributed by atoms with Crippen LogP contribution in [-0.4, -0.2) is 24.7 Å². The van der Waals surface area contributed by atoms with E-state index in [1.54, 1.807) is 0 Å². The van der Waals surface area contributed by atoms with Crippen molar-refractivity contribution in [2.45, 2.75) is 19.0 Å². The van der Waals surface area contributed by atoms with Crippen LogP contribution in [0.4, 0.5) is 18.9 Å². The zero-order valence-electron chi connectivity index (χ0n) is 11.4. The van der Waals surface area contributed by atoms with Crippen LogP contribution in [0.3, 0.4) is 0 Å². The lowest BCUT2D eigenvalue weighted by atomic mass is 10.0. The van der Waals surface area contributed by atoms with Crippen molar-refractivity contribution >= 4 is 22.9 Å². The molecule has 0 spiro atoms. The molecule has 0 saturated carbocycles. The summed E-state index contributed by atoms with van der Waals surface area (Å²) in [5.74, 6) is 0.347. The molecule has 0 amide bonds. The number of halogens is 3. The zero-order chi connectivity index (χ0) is 15.5. The van der Waals surface area contributed by atoms with Crippen molar-refractivity contribution in [2.75, 3.05) is 25.1 Å². The Hall–Kier alpha value is -1.34. The number of hydrogen-bond acceptors (Lipinski definition) is 3. The van der Waals surface area contributed by atoms with Gasteiger partial charge in [0, 0.05) is 24.4 Å². The number of nitrogens with one attached hydrogen (secondary N) is 1. The van der Waals surface area contributed by atoms with Crippen LogP contribution in [-0.2, 0) is 10.9 Å². The van der Waals surface area contributed by atoms with E-state index in [9.17, 15) is 13.2 Å². The molecule has 1 atom stereocenters. The molecular weight excluding hydrogens is 301 g/mol. The first-order valence-electron chi connectivity index (χ1n) is 6.70. The van der Waals surface area contributed by atoms with Crippen LogP contribution >= 0.6 is 12.2 Å². The molecule has 1 aliphatic heterocycles. The zero-order valence-corrected chi connectivity index (χ0v) is 12.2. The number of alkyl halides is 3. The van der Waals surface area contributed by atoms with Gasteiger partial charge in [-0.3, -0.25) is 0 Å². The van der Waals surface area contributed by atoms with Gasteiger partial charge in [0.25, 0.3) is 0 Å². The molecule has 1 aromatic carbocycles. The van der Waals surface area contributed by atoms with Gasteiger partial charge in [-0.25, -0.2) is 0 Å². The highest BCUT2D eigenvalue weighted by atomic mass is 32.1. The summed E-state index contributed by atoms with van der Waals surface area (Å²) in [4.78, 5) is -0.0523. The highest BCUT2D eigenvalue weighted by Crippen LogP contribution is 2.32. The minimum Gasteiger partial charge on any atom is -0.389 e. The van der Waals surface area contributed by atoms with Crippen molar-refractivity contribution < 1.29 is 17.9 Å². The van der Waals surface area contributed by atoms with Gasteiger partial charge in [-0.1, -0.05) is 12.2 Å². The molecule has 116 valence electrons. The van der Waals surface area contributed by atoms with E-state index in [0.29, 0.717) is 24.8 Å². The maximum absolute atomic E-state index is 12.7. The van der Waals surface area contributed by atoms with Gasteiger partial charge in [0.15, 0.2) is 0 Å². The van der Waals surface area contributed by atoms with E-state index in [4.69, 9.17) is 22.7 Å². The molecule has 0 aliphatic carbocycles. The molecule has 21 heavy (non-hydrogen) atoms. The minimum atomic E-state index is -4.41. The van der Waals surface area contributed by atoms with E-state index in [2.05, 4.69) is 5.32 Å². The summed E-state index contributed by atoms with van der Waals surface area (Å²) in [6, 6.07) is 3.39. The Kier molecular flexibility index (Phi) is 5.05. The smallest absolute Gasteiger partial charge is 0.389 e. The highest BCUT2D eigenvalue weighted by Gasteiger charge is 2.31. The third-order valence-electron chi connectivity index (χ3n) is 3.45. The van der Waals surface area contributed by atoms with Crippen molar-refractivity contribution in [1.82, 2.24) is 0 Å². The van der Waals surface area contributed by atoms with Crippen LogP contribution in [0, 0.1) is 5.92 Å². The Bertz CT molecular complexity index is 513. The normalized spacial score (nSPS) is 19.3. The number of hydrogen-bond donors (Lipinski definition) is 2. The Labute approximate surface area is 126 Å². The second-order valence-electron chi connectivity index (χ2n) is 5.09. The molecule has 1 aliphatic rings. The average molecular weight is 318 g/mol. The molecule has 1 unspecified atom stereocenters. The fourth-order valence-electron chi connectivity index (χ4n) is 2.30. The molecule has 0 aromatic heterocycles. The minimum absolute atomic E-state index is 0.0523. The van der Waals surface area contributed by atoms with Crippen molar-refractivity contribution in [2.24, 2.45) is 11.7 Å². The molecule has 1 fully saturated rings. The van der Waals surface area contributed by atoms with Crippen molar-refractivity contribution in [3.05, 3.63) is 29.3 Å². The highest BCUT2D eigenvalue weighted by molar-refractivity contribution is 7.80. The van der Waals surface area contributed by atoms with Crippen LogP contribution in [0.5, 0.6) is 0 Å². The first-order chi connectivity index (χ1) is 9.88. The van der Waals surface area contributed by atoms with Crippen LogP contribution in [0.2, 0.25) is 0 Å². The molecule has 0 bridgehead atoms.